The van der Waals surface area contributed by atoms with Gasteiger partial charge in [-0.3, -0.25) is 0 Å². The summed E-state index contributed by atoms with van der Waals surface area (Å²) in [6.45, 7) is 1.75. The molecule has 5 nitrogen and oxygen atoms in total. The number of nitrogens with one attached hydrogen (secondary N) is 1. The van der Waals surface area contributed by atoms with Gasteiger partial charge in [0, 0.05) is 43.2 Å². The van der Waals surface area contributed by atoms with Gasteiger partial charge in [0.1, 0.15) is 5.82 Å². The first-order valence-corrected chi connectivity index (χ1v) is 8.84. The molecule has 0 amide bonds. The molecule has 0 fully saturated rings. The zero-order valence-electron chi connectivity index (χ0n) is 14.8. The molecule has 0 aliphatic carbocycles. The number of halogens is 1. The first kappa shape index (κ1) is 16.9. The maximum Gasteiger partial charge on any atom is 0.231 e. The maximum absolute atomic E-state index is 6.10. The number of rotatable bonds is 5. The second kappa shape index (κ2) is 7.02. The third-order valence-corrected chi connectivity index (χ3v) is 4.58. The summed E-state index contributed by atoms with van der Waals surface area (Å²) in [6, 6.07) is 14.0. The van der Waals surface area contributed by atoms with Crippen molar-refractivity contribution in [3.63, 3.8) is 0 Å². The Morgan fingerprint density at radius 3 is 2.73 bits per heavy atom. The Balaban J connectivity index is 1.52. The van der Waals surface area contributed by atoms with E-state index >= 15 is 0 Å². The highest BCUT2D eigenvalue weighted by Gasteiger charge is 2.13. The van der Waals surface area contributed by atoms with Gasteiger partial charge in [-0.15, -0.1) is 0 Å². The molecule has 2 heterocycles. The van der Waals surface area contributed by atoms with E-state index in [0.29, 0.717) is 18.4 Å². The van der Waals surface area contributed by atoms with E-state index in [1.165, 1.54) is 0 Å². The molecule has 1 aliphatic rings. The average Bonchev–Trinajstić information content (AvgIpc) is 3.09. The Kier molecular flexibility index (Phi) is 4.57. The van der Waals surface area contributed by atoms with Gasteiger partial charge in [-0.2, -0.15) is 0 Å². The SMILES string of the molecule is CN(C)c1nc2cc(Cl)ccc2cc1CNCc1ccc2c(c1)OCO2. The highest BCUT2D eigenvalue weighted by Crippen LogP contribution is 2.32. The normalized spacial score (nSPS) is 12.6. The van der Waals surface area contributed by atoms with E-state index in [9.17, 15) is 0 Å². The van der Waals surface area contributed by atoms with Crippen LogP contribution in [-0.2, 0) is 13.1 Å². The quantitative estimate of drug-likeness (QED) is 0.737. The fourth-order valence-electron chi connectivity index (χ4n) is 3.08. The number of pyridine rings is 1. The fraction of sp³-hybridized carbons (Fsp3) is 0.250. The van der Waals surface area contributed by atoms with Crippen LogP contribution in [0.3, 0.4) is 0 Å². The Labute approximate surface area is 157 Å². The van der Waals surface area contributed by atoms with Crippen molar-refractivity contribution < 1.29 is 9.47 Å². The first-order chi connectivity index (χ1) is 12.6. The van der Waals surface area contributed by atoms with Crippen LogP contribution in [0.15, 0.2) is 42.5 Å². The van der Waals surface area contributed by atoms with Gasteiger partial charge in [0.25, 0.3) is 0 Å². The third kappa shape index (κ3) is 3.41. The molecule has 1 N–H and O–H groups in total. The number of nitrogens with zero attached hydrogens (tertiary/aromatic N) is 2. The lowest BCUT2D eigenvalue weighted by molar-refractivity contribution is 0.174. The Morgan fingerprint density at radius 1 is 1.04 bits per heavy atom. The minimum atomic E-state index is 0.297. The van der Waals surface area contributed by atoms with Crippen LogP contribution in [0.2, 0.25) is 5.02 Å². The summed E-state index contributed by atoms with van der Waals surface area (Å²) in [4.78, 5) is 6.80. The molecule has 1 aliphatic heterocycles. The van der Waals surface area contributed by atoms with Crippen molar-refractivity contribution >= 4 is 28.3 Å². The molecule has 4 rings (SSSR count). The number of ether oxygens (including phenoxy) is 2. The van der Waals surface area contributed by atoms with E-state index < -0.39 is 0 Å². The number of hydrogen-bond acceptors (Lipinski definition) is 5. The summed E-state index contributed by atoms with van der Waals surface area (Å²) in [5.41, 5.74) is 3.20. The van der Waals surface area contributed by atoms with Crippen LogP contribution in [0.4, 0.5) is 5.82 Å². The molecule has 0 bridgehead atoms. The van der Waals surface area contributed by atoms with Gasteiger partial charge in [-0.05, 0) is 35.9 Å². The zero-order valence-corrected chi connectivity index (χ0v) is 15.5. The summed E-state index contributed by atoms with van der Waals surface area (Å²) in [6.07, 6.45) is 0. The number of benzene rings is 2. The Morgan fingerprint density at radius 2 is 1.88 bits per heavy atom. The van der Waals surface area contributed by atoms with E-state index in [0.717, 1.165) is 45.9 Å². The van der Waals surface area contributed by atoms with Gasteiger partial charge < -0.3 is 19.7 Å². The third-order valence-electron chi connectivity index (χ3n) is 4.34. The van der Waals surface area contributed by atoms with Gasteiger partial charge >= 0.3 is 0 Å². The minimum Gasteiger partial charge on any atom is -0.454 e. The van der Waals surface area contributed by atoms with Gasteiger partial charge in [-0.1, -0.05) is 23.7 Å². The molecule has 2 aromatic carbocycles. The second-order valence-electron chi connectivity index (χ2n) is 6.49. The van der Waals surface area contributed by atoms with E-state index in [2.05, 4.69) is 11.4 Å². The number of fused-ring (bicyclic) bond motifs is 2. The molecule has 26 heavy (non-hydrogen) atoms. The molecule has 1 aromatic heterocycles. The predicted octanol–water partition coefficient (Wildman–Crippen LogP) is 3.97. The smallest absolute Gasteiger partial charge is 0.231 e. The summed E-state index contributed by atoms with van der Waals surface area (Å²) < 4.78 is 10.8. The highest BCUT2D eigenvalue weighted by molar-refractivity contribution is 6.31. The molecule has 0 unspecified atom stereocenters. The van der Waals surface area contributed by atoms with Crippen molar-refractivity contribution in [3.05, 3.63) is 58.6 Å². The Hall–Kier alpha value is -2.50. The first-order valence-electron chi connectivity index (χ1n) is 8.46. The largest absolute Gasteiger partial charge is 0.454 e. The van der Waals surface area contributed by atoms with E-state index in [1.54, 1.807) is 0 Å². The highest BCUT2D eigenvalue weighted by atomic mass is 35.5. The summed E-state index contributed by atoms with van der Waals surface area (Å²) in [7, 11) is 4.00. The minimum absolute atomic E-state index is 0.297. The van der Waals surface area contributed by atoms with Crippen molar-refractivity contribution in [2.45, 2.75) is 13.1 Å². The van der Waals surface area contributed by atoms with E-state index in [4.69, 9.17) is 26.1 Å². The molecular weight excluding hydrogens is 350 g/mol. The number of aromatic nitrogens is 1. The zero-order chi connectivity index (χ0) is 18.1. The summed E-state index contributed by atoms with van der Waals surface area (Å²) in [5.74, 6) is 2.56. The van der Waals surface area contributed by atoms with Crippen LogP contribution in [0, 0.1) is 0 Å². The molecule has 6 heteroatoms. The molecule has 0 radical (unpaired) electrons. The van der Waals surface area contributed by atoms with Crippen molar-refractivity contribution in [1.82, 2.24) is 10.3 Å². The van der Waals surface area contributed by atoms with E-state index in [-0.39, 0.29) is 0 Å². The monoisotopic (exact) mass is 369 g/mol. The fourth-order valence-corrected chi connectivity index (χ4v) is 3.25. The van der Waals surface area contributed by atoms with E-state index in [1.807, 2.05) is 55.4 Å². The Bertz CT molecular complexity index is 959. The van der Waals surface area contributed by atoms with Crippen LogP contribution in [-0.4, -0.2) is 25.9 Å². The van der Waals surface area contributed by atoms with Crippen molar-refractivity contribution in [1.29, 1.82) is 0 Å². The van der Waals surface area contributed by atoms with Gasteiger partial charge in [0.15, 0.2) is 11.5 Å². The van der Waals surface area contributed by atoms with Crippen LogP contribution in [0.5, 0.6) is 11.5 Å². The van der Waals surface area contributed by atoms with Gasteiger partial charge in [0.2, 0.25) is 6.79 Å². The maximum atomic E-state index is 6.10. The number of anilines is 1. The lowest BCUT2D eigenvalue weighted by Gasteiger charge is -2.18. The van der Waals surface area contributed by atoms with Crippen molar-refractivity contribution in [3.8, 4) is 11.5 Å². The lowest BCUT2D eigenvalue weighted by Crippen LogP contribution is -2.18. The second-order valence-corrected chi connectivity index (χ2v) is 6.93. The van der Waals surface area contributed by atoms with Gasteiger partial charge in [0.05, 0.1) is 5.52 Å². The van der Waals surface area contributed by atoms with Crippen LogP contribution in [0.25, 0.3) is 10.9 Å². The van der Waals surface area contributed by atoms with Crippen LogP contribution < -0.4 is 19.7 Å². The molecule has 0 saturated carbocycles. The lowest BCUT2D eigenvalue weighted by atomic mass is 10.1. The molecule has 0 spiro atoms. The number of hydrogen-bond donors (Lipinski definition) is 1. The molecule has 0 atom stereocenters. The van der Waals surface area contributed by atoms with Crippen molar-refractivity contribution in [2.75, 3.05) is 25.8 Å². The standard InChI is InChI=1S/C20H20ClN3O2/c1-24(2)20-15(8-14-4-5-16(21)9-17(14)23-20)11-22-10-13-3-6-18-19(7-13)26-12-25-18/h3-9,22H,10-12H2,1-2H3. The predicted molar refractivity (Wildman–Crippen MR) is 104 cm³/mol. The van der Waals surface area contributed by atoms with Crippen molar-refractivity contribution in [2.24, 2.45) is 0 Å². The topological polar surface area (TPSA) is 46.6 Å². The molecule has 0 saturated heterocycles. The summed E-state index contributed by atoms with van der Waals surface area (Å²) >= 11 is 6.10. The molecular formula is C20H20ClN3O2. The summed E-state index contributed by atoms with van der Waals surface area (Å²) in [5, 5.41) is 5.27. The molecule has 134 valence electrons. The molecule has 3 aromatic rings. The van der Waals surface area contributed by atoms with Gasteiger partial charge in [-0.25, -0.2) is 4.98 Å². The van der Waals surface area contributed by atoms with Crippen LogP contribution >= 0.6 is 11.6 Å². The van der Waals surface area contributed by atoms with Crippen LogP contribution in [0.1, 0.15) is 11.1 Å². The average molecular weight is 370 g/mol.